The summed E-state index contributed by atoms with van der Waals surface area (Å²) in [5, 5.41) is 0. The molecular formula is C18H28O6. The summed E-state index contributed by atoms with van der Waals surface area (Å²) in [5.74, 6) is -0.593. The third-order valence-electron chi connectivity index (χ3n) is 4.04. The van der Waals surface area contributed by atoms with E-state index in [1.165, 1.54) is 0 Å². The van der Waals surface area contributed by atoms with E-state index in [9.17, 15) is 9.59 Å². The molecule has 0 aromatic rings. The first-order valence-electron chi connectivity index (χ1n) is 8.18. The molecule has 0 saturated carbocycles. The van der Waals surface area contributed by atoms with Crippen molar-refractivity contribution in [2.24, 2.45) is 11.8 Å². The van der Waals surface area contributed by atoms with Crippen LogP contribution in [0.3, 0.4) is 0 Å². The van der Waals surface area contributed by atoms with Crippen LogP contribution in [-0.2, 0) is 28.5 Å². The lowest BCUT2D eigenvalue weighted by atomic mass is 10.0. The summed E-state index contributed by atoms with van der Waals surface area (Å²) in [4.78, 5) is 23.6. The van der Waals surface area contributed by atoms with Gasteiger partial charge in [0.25, 0.3) is 0 Å². The molecule has 1 aliphatic rings. The van der Waals surface area contributed by atoms with Crippen molar-refractivity contribution in [3.63, 3.8) is 0 Å². The van der Waals surface area contributed by atoms with Gasteiger partial charge in [-0.3, -0.25) is 9.59 Å². The molecule has 0 N–H and O–H groups in total. The molecule has 0 spiro atoms. The molecule has 0 bridgehead atoms. The predicted octanol–water partition coefficient (Wildman–Crippen LogP) is 2.28. The van der Waals surface area contributed by atoms with Crippen LogP contribution in [-0.4, -0.2) is 51.6 Å². The second-order valence-electron chi connectivity index (χ2n) is 5.90. The molecule has 0 aromatic carbocycles. The van der Waals surface area contributed by atoms with Crippen molar-refractivity contribution >= 4 is 11.9 Å². The molecule has 6 heteroatoms. The third-order valence-corrected chi connectivity index (χ3v) is 4.04. The summed E-state index contributed by atoms with van der Waals surface area (Å²) in [5.41, 5.74) is 0. The molecule has 0 radical (unpaired) electrons. The van der Waals surface area contributed by atoms with Crippen molar-refractivity contribution < 1.29 is 28.5 Å². The molecule has 1 aliphatic heterocycles. The van der Waals surface area contributed by atoms with Gasteiger partial charge >= 0.3 is 11.9 Å². The standard InChI is InChI=1S/C18H28O6/c1-13-7-5-9-17(19)24-12-16(22-4)14(2)8-6-10-18(20)23-11-15(13)21-3/h5-8,13-16H,9-12H2,1-4H3/b7-5+,8-6+/t13-,14-,15-,16-/m0/s1. The van der Waals surface area contributed by atoms with Gasteiger partial charge in [0.15, 0.2) is 0 Å². The van der Waals surface area contributed by atoms with Crippen molar-refractivity contribution in [3.8, 4) is 0 Å². The average molecular weight is 340 g/mol. The maximum Gasteiger partial charge on any atom is 0.309 e. The normalized spacial score (nSPS) is 33.3. The zero-order valence-corrected chi connectivity index (χ0v) is 14.9. The van der Waals surface area contributed by atoms with Crippen molar-refractivity contribution in [2.45, 2.75) is 38.9 Å². The van der Waals surface area contributed by atoms with E-state index in [0.717, 1.165) is 0 Å². The van der Waals surface area contributed by atoms with Crippen LogP contribution < -0.4 is 0 Å². The summed E-state index contributed by atoms with van der Waals surface area (Å²) in [6.07, 6.45) is 7.08. The molecule has 0 aliphatic carbocycles. The Morgan fingerprint density at radius 2 is 1.21 bits per heavy atom. The largest absolute Gasteiger partial charge is 0.463 e. The maximum atomic E-state index is 11.8. The molecule has 0 fully saturated rings. The van der Waals surface area contributed by atoms with Gasteiger partial charge in [0, 0.05) is 26.1 Å². The zero-order chi connectivity index (χ0) is 17.9. The Bertz CT molecular complexity index is 414. The summed E-state index contributed by atoms with van der Waals surface area (Å²) in [7, 11) is 3.14. The third kappa shape index (κ3) is 7.27. The van der Waals surface area contributed by atoms with E-state index in [1.807, 2.05) is 26.0 Å². The minimum atomic E-state index is -0.302. The summed E-state index contributed by atoms with van der Waals surface area (Å²) >= 11 is 0. The van der Waals surface area contributed by atoms with Gasteiger partial charge in [-0.15, -0.1) is 0 Å². The Morgan fingerprint density at radius 1 is 0.833 bits per heavy atom. The molecule has 0 unspecified atom stereocenters. The Labute approximate surface area is 143 Å². The predicted molar refractivity (Wildman–Crippen MR) is 89.4 cm³/mol. The number of ether oxygens (including phenoxy) is 4. The fraction of sp³-hybridized carbons (Fsp3) is 0.667. The van der Waals surface area contributed by atoms with E-state index < -0.39 is 0 Å². The van der Waals surface area contributed by atoms with Gasteiger partial charge in [0.05, 0.1) is 25.0 Å². The van der Waals surface area contributed by atoms with Gasteiger partial charge in [-0.25, -0.2) is 0 Å². The second-order valence-corrected chi connectivity index (χ2v) is 5.90. The van der Waals surface area contributed by atoms with Gasteiger partial charge in [-0.05, 0) is 0 Å². The lowest BCUT2D eigenvalue weighted by molar-refractivity contribution is -0.147. The minimum Gasteiger partial charge on any atom is -0.463 e. The van der Waals surface area contributed by atoms with Crippen molar-refractivity contribution in [3.05, 3.63) is 24.3 Å². The number of hydrogen-bond acceptors (Lipinski definition) is 6. The van der Waals surface area contributed by atoms with Gasteiger partial charge in [0.1, 0.15) is 13.2 Å². The molecule has 24 heavy (non-hydrogen) atoms. The van der Waals surface area contributed by atoms with E-state index in [2.05, 4.69) is 0 Å². The van der Waals surface area contributed by atoms with E-state index in [1.54, 1.807) is 26.4 Å². The van der Waals surface area contributed by atoms with E-state index in [-0.39, 0.29) is 62.0 Å². The highest BCUT2D eigenvalue weighted by molar-refractivity contribution is 5.71. The van der Waals surface area contributed by atoms with Gasteiger partial charge in [0.2, 0.25) is 0 Å². The fourth-order valence-electron chi connectivity index (χ4n) is 2.34. The number of cyclic esters (lactones) is 2. The molecule has 6 nitrogen and oxygen atoms in total. The SMILES string of the molecule is CO[C@H]1COC(=O)C/C=C/[C@H](C)[C@@H](OC)COC(=O)C/C=C/[C@@H]1C. The molecule has 4 atom stereocenters. The number of methoxy groups -OCH3 is 2. The van der Waals surface area contributed by atoms with Crippen LogP contribution in [0.2, 0.25) is 0 Å². The van der Waals surface area contributed by atoms with Gasteiger partial charge in [-0.1, -0.05) is 38.2 Å². The maximum absolute atomic E-state index is 11.8. The molecule has 1 heterocycles. The van der Waals surface area contributed by atoms with E-state index in [4.69, 9.17) is 18.9 Å². The lowest BCUT2D eigenvalue weighted by Crippen LogP contribution is -2.27. The molecule has 136 valence electrons. The first-order valence-corrected chi connectivity index (χ1v) is 8.18. The number of carbonyl (C=O) groups excluding carboxylic acids is 2. The van der Waals surface area contributed by atoms with Crippen LogP contribution in [0.5, 0.6) is 0 Å². The topological polar surface area (TPSA) is 71.1 Å². The Balaban J connectivity index is 2.80. The minimum absolute atomic E-state index is 0.00536. The van der Waals surface area contributed by atoms with Crippen LogP contribution in [0.4, 0.5) is 0 Å². The summed E-state index contributed by atoms with van der Waals surface area (Å²) in [6, 6.07) is 0. The van der Waals surface area contributed by atoms with Crippen LogP contribution >= 0.6 is 0 Å². The highest BCUT2D eigenvalue weighted by Crippen LogP contribution is 2.13. The fourth-order valence-corrected chi connectivity index (χ4v) is 2.34. The smallest absolute Gasteiger partial charge is 0.309 e. The number of esters is 2. The number of rotatable bonds is 2. The lowest BCUT2D eigenvalue weighted by Gasteiger charge is -2.21. The van der Waals surface area contributed by atoms with Crippen molar-refractivity contribution in [2.75, 3.05) is 27.4 Å². The molecule has 0 aromatic heterocycles. The van der Waals surface area contributed by atoms with Crippen LogP contribution in [0, 0.1) is 11.8 Å². The van der Waals surface area contributed by atoms with E-state index >= 15 is 0 Å². The first-order chi connectivity index (χ1) is 11.5. The van der Waals surface area contributed by atoms with Gasteiger partial charge < -0.3 is 18.9 Å². The molecule has 0 amide bonds. The molecule has 0 saturated heterocycles. The zero-order valence-electron chi connectivity index (χ0n) is 14.9. The quantitative estimate of drug-likeness (QED) is 0.567. The monoisotopic (exact) mass is 340 g/mol. The Morgan fingerprint density at radius 3 is 1.54 bits per heavy atom. The Hall–Kier alpha value is -1.66. The summed E-state index contributed by atoms with van der Waals surface area (Å²) < 4.78 is 21.2. The first kappa shape index (κ1) is 20.4. The highest BCUT2D eigenvalue weighted by Gasteiger charge is 2.19. The molecular weight excluding hydrogens is 312 g/mol. The molecule has 1 rings (SSSR count). The van der Waals surface area contributed by atoms with Crippen molar-refractivity contribution in [1.29, 1.82) is 0 Å². The van der Waals surface area contributed by atoms with E-state index in [0.29, 0.717) is 0 Å². The number of carbonyl (C=O) groups is 2. The van der Waals surface area contributed by atoms with Gasteiger partial charge in [-0.2, -0.15) is 0 Å². The van der Waals surface area contributed by atoms with Crippen molar-refractivity contribution in [1.82, 2.24) is 0 Å². The highest BCUT2D eigenvalue weighted by atomic mass is 16.6. The average Bonchev–Trinajstić information content (AvgIpc) is 2.55. The van der Waals surface area contributed by atoms with Crippen LogP contribution in [0.25, 0.3) is 0 Å². The summed E-state index contributed by atoms with van der Waals surface area (Å²) in [6.45, 7) is 4.23. The van der Waals surface area contributed by atoms with Crippen LogP contribution in [0.15, 0.2) is 24.3 Å². The number of hydrogen-bond donors (Lipinski definition) is 0. The Kier molecular flexibility index (Phi) is 9.34. The van der Waals surface area contributed by atoms with Crippen LogP contribution in [0.1, 0.15) is 26.7 Å². The second kappa shape index (κ2) is 11.0.